The third kappa shape index (κ3) is 11.2. The first-order chi connectivity index (χ1) is 9.26. The lowest BCUT2D eigenvalue weighted by Crippen LogP contribution is -2.41. The number of carbonyl (C=O) groups excluding carboxylic acids is 1. The lowest BCUT2D eigenvalue weighted by molar-refractivity contribution is -0.122. The molecule has 1 aliphatic rings. The van der Waals surface area contributed by atoms with Crippen LogP contribution >= 0.6 is 24.8 Å². The van der Waals surface area contributed by atoms with Gasteiger partial charge in [0.1, 0.15) is 0 Å². The number of likely N-dealkylation sites (N-methyl/N-ethyl adjacent to an activating group) is 1. The molecule has 21 heavy (non-hydrogen) atoms. The number of amides is 1. The zero-order valence-electron chi connectivity index (χ0n) is 13.5. The Hall–Kier alpha value is -0.0300. The molecule has 1 aliphatic carbocycles. The van der Waals surface area contributed by atoms with E-state index in [-0.39, 0.29) is 30.7 Å². The van der Waals surface area contributed by atoms with Crippen molar-refractivity contribution in [2.75, 3.05) is 32.7 Å². The summed E-state index contributed by atoms with van der Waals surface area (Å²) >= 11 is 0. The molecule has 128 valence electrons. The Morgan fingerprint density at radius 2 is 1.57 bits per heavy atom. The van der Waals surface area contributed by atoms with Crippen molar-refractivity contribution in [3.05, 3.63) is 0 Å². The number of carbonyl (C=O) groups is 1. The maximum Gasteiger partial charge on any atom is 0.234 e. The Morgan fingerprint density at radius 1 is 1.00 bits per heavy atom. The standard InChI is InChI=1S/C15H31N3O.2ClH/c1-3-18(4-2)13-15(19)17-12-11-16-14-9-7-5-6-8-10-14;;/h14,16H,3-13H2,1-2H3,(H,17,19);2*1H. The number of rotatable bonds is 8. The van der Waals surface area contributed by atoms with E-state index in [9.17, 15) is 4.79 Å². The van der Waals surface area contributed by atoms with Crippen molar-refractivity contribution in [1.29, 1.82) is 0 Å². The SMILES string of the molecule is CCN(CC)CC(=O)NCCNC1CCCCCC1.Cl.Cl. The van der Waals surface area contributed by atoms with Gasteiger partial charge in [0.25, 0.3) is 0 Å². The van der Waals surface area contributed by atoms with Crippen LogP contribution in [0.15, 0.2) is 0 Å². The fourth-order valence-corrected chi connectivity index (χ4v) is 2.67. The van der Waals surface area contributed by atoms with E-state index in [1.807, 2.05) is 0 Å². The average Bonchev–Trinajstić information content (AvgIpc) is 2.69. The molecule has 1 fully saturated rings. The summed E-state index contributed by atoms with van der Waals surface area (Å²) < 4.78 is 0. The second-order valence-electron chi connectivity index (χ2n) is 5.45. The van der Waals surface area contributed by atoms with Gasteiger partial charge in [-0.2, -0.15) is 0 Å². The highest BCUT2D eigenvalue weighted by Gasteiger charge is 2.11. The highest BCUT2D eigenvalue weighted by molar-refractivity contribution is 5.85. The largest absolute Gasteiger partial charge is 0.354 e. The normalized spacial score (nSPS) is 15.8. The Labute approximate surface area is 142 Å². The first-order valence-corrected chi connectivity index (χ1v) is 7.98. The van der Waals surface area contributed by atoms with Crippen LogP contribution in [0.1, 0.15) is 52.4 Å². The van der Waals surface area contributed by atoms with Crippen molar-refractivity contribution in [3.63, 3.8) is 0 Å². The van der Waals surface area contributed by atoms with Crippen LogP contribution in [0.25, 0.3) is 0 Å². The molecule has 0 aliphatic heterocycles. The number of halogens is 2. The van der Waals surface area contributed by atoms with Crippen LogP contribution in [0.4, 0.5) is 0 Å². The van der Waals surface area contributed by atoms with Crippen LogP contribution in [-0.2, 0) is 4.79 Å². The van der Waals surface area contributed by atoms with E-state index < -0.39 is 0 Å². The van der Waals surface area contributed by atoms with Crippen LogP contribution < -0.4 is 10.6 Å². The van der Waals surface area contributed by atoms with Gasteiger partial charge in [-0.05, 0) is 25.9 Å². The molecule has 0 aromatic rings. The summed E-state index contributed by atoms with van der Waals surface area (Å²) in [5, 5.41) is 6.56. The Morgan fingerprint density at radius 3 is 2.10 bits per heavy atom. The monoisotopic (exact) mass is 341 g/mol. The van der Waals surface area contributed by atoms with E-state index in [0.717, 1.165) is 26.2 Å². The van der Waals surface area contributed by atoms with Crippen LogP contribution in [0.5, 0.6) is 0 Å². The van der Waals surface area contributed by atoms with Crippen molar-refractivity contribution in [1.82, 2.24) is 15.5 Å². The van der Waals surface area contributed by atoms with E-state index in [1.54, 1.807) is 0 Å². The molecule has 0 atom stereocenters. The van der Waals surface area contributed by atoms with E-state index in [4.69, 9.17) is 0 Å². The lowest BCUT2D eigenvalue weighted by Gasteiger charge is -2.18. The van der Waals surface area contributed by atoms with Gasteiger partial charge >= 0.3 is 0 Å². The molecule has 0 radical (unpaired) electrons. The average molecular weight is 342 g/mol. The second-order valence-corrected chi connectivity index (χ2v) is 5.45. The molecular formula is C15H33Cl2N3O. The molecule has 0 saturated heterocycles. The molecule has 0 aromatic heterocycles. The summed E-state index contributed by atoms with van der Waals surface area (Å²) in [6.07, 6.45) is 8.08. The van der Waals surface area contributed by atoms with Gasteiger partial charge in [-0.15, -0.1) is 24.8 Å². The molecule has 0 unspecified atom stereocenters. The van der Waals surface area contributed by atoms with Crippen molar-refractivity contribution in [2.24, 2.45) is 0 Å². The smallest absolute Gasteiger partial charge is 0.234 e. The summed E-state index contributed by atoms with van der Waals surface area (Å²) in [7, 11) is 0. The fraction of sp³-hybridized carbons (Fsp3) is 0.933. The van der Waals surface area contributed by atoms with Crippen LogP contribution in [0, 0.1) is 0 Å². The molecule has 0 spiro atoms. The van der Waals surface area contributed by atoms with Gasteiger partial charge in [-0.1, -0.05) is 39.5 Å². The molecule has 4 nitrogen and oxygen atoms in total. The number of hydrogen-bond acceptors (Lipinski definition) is 3. The molecule has 0 aromatic carbocycles. The fourth-order valence-electron chi connectivity index (χ4n) is 2.67. The van der Waals surface area contributed by atoms with Gasteiger partial charge in [-0.25, -0.2) is 0 Å². The minimum Gasteiger partial charge on any atom is -0.354 e. The third-order valence-electron chi connectivity index (χ3n) is 4.00. The van der Waals surface area contributed by atoms with E-state index >= 15 is 0 Å². The van der Waals surface area contributed by atoms with E-state index in [0.29, 0.717) is 12.6 Å². The number of hydrogen-bond donors (Lipinski definition) is 2. The molecule has 2 N–H and O–H groups in total. The van der Waals surface area contributed by atoms with Crippen molar-refractivity contribution in [3.8, 4) is 0 Å². The van der Waals surface area contributed by atoms with Crippen LogP contribution in [-0.4, -0.2) is 49.6 Å². The van der Waals surface area contributed by atoms with Gasteiger partial charge in [-0.3, -0.25) is 9.69 Å². The van der Waals surface area contributed by atoms with Crippen molar-refractivity contribution in [2.45, 2.75) is 58.4 Å². The first kappa shape index (κ1) is 23.2. The number of nitrogens with zero attached hydrogens (tertiary/aromatic N) is 1. The summed E-state index contributed by atoms with van der Waals surface area (Å²) in [5.41, 5.74) is 0. The Bertz CT molecular complexity index is 243. The molecule has 1 rings (SSSR count). The van der Waals surface area contributed by atoms with E-state index in [2.05, 4.69) is 29.4 Å². The van der Waals surface area contributed by atoms with Gasteiger partial charge < -0.3 is 10.6 Å². The topological polar surface area (TPSA) is 44.4 Å². The summed E-state index contributed by atoms with van der Waals surface area (Å²) in [6, 6.07) is 0.669. The van der Waals surface area contributed by atoms with Crippen molar-refractivity contribution >= 4 is 30.7 Å². The van der Waals surface area contributed by atoms with Gasteiger partial charge in [0, 0.05) is 19.1 Å². The molecule has 0 heterocycles. The zero-order chi connectivity index (χ0) is 13.9. The molecule has 6 heteroatoms. The highest BCUT2D eigenvalue weighted by Crippen LogP contribution is 2.16. The number of nitrogens with one attached hydrogen (secondary N) is 2. The van der Waals surface area contributed by atoms with Gasteiger partial charge in [0.15, 0.2) is 0 Å². The predicted octanol–water partition coefficient (Wildman–Crippen LogP) is 2.60. The highest BCUT2D eigenvalue weighted by atomic mass is 35.5. The zero-order valence-corrected chi connectivity index (χ0v) is 15.2. The van der Waals surface area contributed by atoms with Gasteiger partial charge in [0.2, 0.25) is 5.91 Å². The quantitative estimate of drug-likeness (QED) is 0.526. The van der Waals surface area contributed by atoms with E-state index in [1.165, 1.54) is 38.5 Å². The summed E-state index contributed by atoms with van der Waals surface area (Å²) in [5.74, 6) is 0.145. The third-order valence-corrected chi connectivity index (χ3v) is 4.00. The van der Waals surface area contributed by atoms with Gasteiger partial charge in [0.05, 0.1) is 6.54 Å². The van der Waals surface area contributed by atoms with Crippen LogP contribution in [0.3, 0.4) is 0 Å². The first-order valence-electron chi connectivity index (χ1n) is 7.98. The lowest BCUT2D eigenvalue weighted by atomic mass is 10.1. The minimum absolute atomic E-state index is 0. The van der Waals surface area contributed by atoms with Crippen LogP contribution in [0.2, 0.25) is 0 Å². The maximum absolute atomic E-state index is 11.7. The summed E-state index contributed by atoms with van der Waals surface area (Å²) in [4.78, 5) is 13.8. The molecule has 1 amide bonds. The maximum atomic E-state index is 11.7. The predicted molar refractivity (Wildman–Crippen MR) is 94.8 cm³/mol. The molecule has 1 saturated carbocycles. The Kier molecular flexibility index (Phi) is 16.5. The summed E-state index contributed by atoms with van der Waals surface area (Å²) in [6.45, 7) is 8.21. The van der Waals surface area contributed by atoms with Crippen molar-refractivity contribution < 1.29 is 4.79 Å². The minimum atomic E-state index is 0. The molecule has 0 bridgehead atoms. The molecular weight excluding hydrogens is 309 g/mol. The second kappa shape index (κ2) is 14.9. The Balaban J connectivity index is 0.